The molecule has 1 amide bonds. The van der Waals surface area contributed by atoms with Gasteiger partial charge in [-0.1, -0.05) is 159 Å². The number of ether oxygens (including phenoxy) is 1. The molecule has 0 aromatic rings. The molecular formula is C45H84NO8P. The highest BCUT2D eigenvalue weighted by molar-refractivity contribution is 7.47. The Morgan fingerprint density at radius 3 is 1.51 bits per heavy atom. The lowest BCUT2D eigenvalue weighted by atomic mass is 10.1. The van der Waals surface area contributed by atoms with Crippen LogP contribution in [0, 0.1) is 0 Å². The van der Waals surface area contributed by atoms with Crippen LogP contribution in [0.1, 0.15) is 206 Å². The van der Waals surface area contributed by atoms with Crippen LogP contribution in [0.5, 0.6) is 0 Å². The largest absolute Gasteiger partial charge is 0.472 e. The minimum absolute atomic E-state index is 0.0794. The van der Waals surface area contributed by atoms with Gasteiger partial charge in [0.1, 0.15) is 12.7 Å². The summed E-state index contributed by atoms with van der Waals surface area (Å²) in [5.41, 5.74) is 0. The minimum atomic E-state index is -4.42. The van der Waals surface area contributed by atoms with Gasteiger partial charge in [0.15, 0.2) is 0 Å². The number of unbranched alkanes of at least 4 members (excludes halogenated alkanes) is 23. The van der Waals surface area contributed by atoms with Crippen LogP contribution in [-0.2, 0) is 27.9 Å². The van der Waals surface area contributed by atoms with E-state index in [1.54, 1.807) is 0 Å². The van der Waals surface area contributed by atoms with E-state index in [1.807, 2.05) is 0 Å². The Hall–Kier alpha value is -1.77. The number of phosphoric ester groups is 1. The molecule has 0 fully saturated rings. The molecule has 0 spiro atoms. The third-order valence-electron chi connectivity index (χ3n) is 9.54. The highest BCUT2D eigenvalue weighted by atomic mass is 31.2. The Labute approximate surface area is 337 Å². The number of phosphoric acid groups is 1. The first-order chi connectivity index (χ1) is 26.8. The summed E-state index contributed by atoms with van der Waals surface area (Å²) in [6.07, 6.45) is 46.4. The smallest absolute Gasteiger partial charge is 0.463 e. The molecule has 0 aliphatic heterocycles. The summed E-state index contributed by atoms with van der Waals surface area (Å²) in [4.78, 5) is 33.9. The maximum atomic E-state index is 12.1. The van der Waals surface area contributed by atoms with Gasteiger partial charge >= 0.3 is 13.8 Å². The fourth-order valence-electron chi connectivity index (χ4n) is 6.11. The quantitative estimate of drug-likeness (QED) is 0.0241. The maximum Gasteiger partial charge on any atom is 0.472 e. The molecule has 9 nitrogen and oxygen atoms in total. The monoisotopic (exact) mass is 798 g/mol. The van der Waals surface area contributed by atoms with E-state index in [0.717, 1.165) is 64.2 Å². The van der Waals surface area contributed by atoms with Gasteiger partial charge in [0.25, 0.3) is 0 Å². The number of amides is 1. The summed E-state index contributed by atoms with van der Waals surface area (Å²) in [5.74, 6) is -0.530. The molecule has 3 N–H and O–H groups in total. The molecule has 0 aliphatic carbocycles. The second-order valence-electron chi connectivity index (χ2n) is 15.0. The van der Waals surface area contributed by atoms with E-state index in [1.165, 1.54) is 116 Å². The molecular weight excluding hydrogens is 713 g/mol. The first-order valence-corrected chi connectivity index (χ1v) is 24.0. The van der Waals surface area contributed by atoms with Gasteiger partial charge in [-0.05, 0) is 70.6 Å². The molecule has 0 aliphatic rings. The summed E-state index contributed by atoms with van der Waals surface area (Å²) < 4.78 is 26.9. The second kappa shape index (κ2) is 41.9. The van der Waals surface area contributed by atoms with Gasteiger partial charge in [0, 0.05) is 19.4 Å². The number of aliphatic hydroxyl groups is 1. The van der Waals surface area contributed by atoms with Crippen molar-refractivity contribution < 1.29 is 37.9 Å². The number of rotatable bonds is 42. The van der Waals surface area contributed by atoms with Crippen LogP contribution in [0.3, 0.4) is 0 Å². The van der Waals surface area contributed by atoms with Crippen molar-refractivity contribution in [3.8, 4) is 0 Å². The summed E-state index contributed by atoms with van der Waals surface area (Å²) in [7, 11) is -4.42. The van der Waals surface area contributed by atoms with E-state index >= 15 is 0 Å². The molecule has 0 saturated carbocycles. The number of allylic oxidation sites excluding steroid dienone is 6. The predicted molar refractivity (Wildman–Crippen MR) is 229 cm³/mol. The molecule has 0 radical (unpaired) electrons. The summed E-state index contributed by atoms with van der Waals surface area (Å²) in [6.45, 7) is 3.52. The number of carbonyl (C=O) groups is 2. The van der Waals surface area contributed by atoms with Gasteiger partial charge < -0.3 is 20.1 Å². The van der Waals surface area contributed by atoms with Crippen LogP contribution in [0.25, 0.3) is 0 Å². The molecule has 0 rings (SSSR count). The zero-order valence-electron chi connectivity index (χ0n) is 35.4. The van der Waals surface area contributed by atoms with Crippen molar-refractivity contribution in [2.24, 2.45) is 0 Å². The SMILES string of the molecule is CCCCC/C=C\C/C=C\CCCCCCCC(=O)OCC(O)COP(=O)(O)OCCNC(=O)CCCCCCCCCCC/C=C/CCCCCCCC. The van der Waals surface area contributed by atoms with Gasteiger partial charge in [-0.25, -0.2) is 4.57 Å². The fourth-order valence-corrected chi connectivity index (χ4v) is 6.87. The predicted octanol–water partition coefficient (Wildman–Crippen LogP) is 12.6. The Morgan fingerprint density at radius 2 is 0.982 bits per heavy atom. The summed E-state index contributed by atoms with van der Waals surface area (Å²) in [6, 6.07) is 0. The van der Waals surface area contributed by atoms with Crippen LogP contribution >= 0.6 is 7.82 Å². The van der Waals surface area contributed by atoms with Gasteiger partial charge in [-0.15, -0.1) is 0 Å². The number of nitrogens with one attached hydrogen (secondary N) is 1. The molecule has 0 aromatic heterocycles. The molecule has 0 heterocycles. The van der Waals surface area contributed by atoms with E-state index in [9.17, 15) is 24.2 Å². The summed E-state index contributed by atoms with van der Waals surface area (Å²) >= 11 is 0. The van der Waals surface area contributed by atoms with Gasteiger partial charge in [-0.3, -0.25) is 18.6 Å². The number of aliphatic hydroxyl groups excluding tert-OH is 1. The van der Waals surface area contributed by atoms with Crippen molar-refractivity contribution in [3.63, 3.8) is 0 Å². The minimum Gasteiger partial charge on any atom is -0.463 e. The molecule has 322 valence electrons. The van der Waals surface area contributed by atoms with E-state index in [0.29, 0.717) is 6.42 Å². The van der Waals surface area contributed by atoms with E-state index in [-0.39, 0.29) is 32.1 Å². The van der Waals surface area contributed by atoms with Crippen molar-refractivity contribution in [1.29, 1.82) is 0 Å². The molecule has 0 aromatic carbocycles. The first-order valence-electron chi connectivity index (χ1n) is 22.5. The number of hydrogen-bond donors (Lipinski definition) is 3. The van der Waals surface area contributed by atoms with E-state index in [2.05, 4.69) is 55.6 Å². The maximum absolute atomic E-state index is 12.1. The molecule has 10 heteroatoms. The Morgan fingerprint density at radius 1 is 0.564 bits per heavy atom. The Bertz CT molecular complexity index is 1000. The topological polar surface area (TPSA) is 131 Å². The van der Waals surface area contributed by atoms with Crippen LogP contribution < -0.4 is 5.32 Å². The van der Waals surface area contributed by atoms with Gasteiger partial charge in [0.05, 0.1) is 13.2 Å². The zero-order chi connectivity index (χ0) is 40.3. The average molecular weight is 798 g/mol. The van der Waals surface area contributed by atoms with Crippen molar-refractivity contribution in [2.75, 3.05) is 26.4 Å². The lowest BCUT2D eigenvalue weighted by molar-refractivity contribution is -0.147. The molecule has 2 unspecified atom stereocenters. The Kier molecular flexibility index (Phi) is 40.5. The van der Waals surface area contributed by atoms with Crippen molar-refractivity contribution in [3.05, 3.63) is 36.5 Å². The normalized spacial score (nSPS) is 13.6. The van der Waals surface area contributed by atoms with Gasteiger partial charge in [-0.2, -0.15) is 0 Å². The lowest BCUT2D eigenvalue weighted by Crippen LogP contribution is -2.27. The van der Waals surface area contributed by atoms with Crippen molar-refractivity contribution in [2.45, 2.75) is 213 Å². The average Bonchev–Trinajstić information content (AvgIpc) is 3.17. The highest BCUT2D eigenvalue weighted by Crippen LogP contribution is 2.42. The van der Waals surface area contributed by atoms with Crippen LogP contribution in [0.4, 0.5) is 0 Å². The number of esters is 1. The fraction of sp³-hybridized carbons (Fsp3) is 0.822. The lowest BCUT2D eigenvalue weighted by Gasteiger charge is -2.15. The van der Waals surface area contributed by atoms with Crippen LogP contribution in [-0.4, -0.2) is 54.3 Å². The van der Waals surface area contributed by atoms with Crippen LogP contribution in [0.2, 0.25) is 0 Å². The molecule has 2 atom stereocenters. The third kappa shape index (κ3) is 43.2. The zero-order valence-corrected chi connectivity index (χ0v) is 36.3. The molecule has 0 saturated heterocycles. The number of carbonyl (C=O) groups excluding carboxylic acids is 2. The first kappa shape index (κ1) is 53.2. The second-order valence-corrected chi connectivity index (χ2v) is 16.5. The van der Waals surface area contributed by atoms with E-state index in [4.69, 9.17) is 13.8 Å². The Balaban J connectivity index is 3.60. The van der Waals surface area contributed by atoms with Crippen molar-refractivity contribution in [1.82, 2.24) is 5.32 Å². The van der Waals surface area contributed by atoms with Crippen molar-refractivity contribution >= 4 is 19.7 Å². The van der Waals surface area contributed by atoms with Crippen LogP contribution in [0.15, 0.2) is 36.5 Å². The molecule has 55 heavy (non-hydrogen) atoms. The standard InChI is InChI=1S/C45H84NO8P/c1-3-5-7-9-11-13-15-17-19-20-21-22-24-25-27-29-31-33-35-37-44(48)46-39-40-53-55(50,51)54-42-43(47)41-52-45(49)38-36-34-32-30-28-26-23-18-16-14-12-10-8-6-4-2/h12,14,17-19,23,43,47H,3-11,13,15-16,20-22,24-42H2,1-2H3,(H,46,48)(H,50,51)/b14-12-,19-17+,23-18-. The highest BCUT2D eigenvalue weighted by Gasteiger charge is 2.23. The van der Waals surface area contributed by atoms with E-state index < -0.39 is 26.5 Å². The van der Waals surface area contributed by atoms with Gasteiger partial charge in [0.2, 0.25) is 5.91 Å². The summed E-state index contributed by atoms with van der Waals surface area (Å²) in [5, 5.41) is 12.7. The third-order valence-corrected chi connectivity index (χ3v) is 10.5. The number of hydrogen-bond acceptors (Lipinski definition) is 7. The molecule has 0 bridgehead atoms.